The minimum Gasteiger partial charge on any atom is -0.452 e. The molecular weight excluding hydrogens is 421 g/mol. The molecule has 172 valence electrons. The maximum Gasteiger partial charge on any atom is 0.342 e. The molecule has 1 N–H and O–H groups in total. The summed E-state index contributed by atoms with van der Waals surface area (Å²) in [5.41, 5.74) is 1.91. The van der Waals surface area contributed by atoms with E-state index in [0.29, 0.717) is 23.1 Å². The Kier molecular flexibility index (Phi) is 6.87. The van der Waals surface area contributed by atoms with Gasteiger partial charge in [-0.05, 0) is 54.7 Å². The van der Waals surface area contributed by atoms with Gasteiger partial charge in [0.1, 0.15) is 17.1 Å². The van der Waals surface area contributed by atoms with Gasteiger partial charge in [0, 0.05) is 17.8 Å². The molecule has 6 nitrogen and oxygen atoms in total. The Morgan fingerprint density at radius 1 is 1.09 bits per heavy atom. The molecule has 33 heavy (non-hydrogen) atoms. The number of benzene rings is 2. The number of esters is 1. The van der Waals surface area contributed by atoms with Gasteiger partial charge in [0.15, 0.2) is 6.61 Å². The number of hydrogen-bond acceptors (Lipinski definition) is 4. The molecule has 1 aromatic heterocycles. The van der Waals surface area contributed by atoms with Crippen LogP contribution in [0.1, 0.15) is 43.5 Å². The molecule has 0 saturated heterocycles. The van der Waals surface area contributed by atoms with Crippen molar-refractivity contribution in [2.75, 3.05) is 6.61 Å². The molecule has 1 heterocycles. The number of rotatable bonds is 6. The van der Waals surface area contributed by atoms with Crippen molar-refractivity contribution in [2.45, 2.75) is 39.2 Å². The molecule has 4 rings (SSSR count). The van der Waals surface area contributed by atoms with Crippen molar-refractivity contribution in [1.82, 2.24) is 15.1 Å². The van der Waals surface area contributed by atoms with E-state index in [9.17, 15) is 14.0 Å². The summed E-state index contributed by atoms with van der Waals surface area (Å²) >= 11 is 0. The summed E-state index contributed by atoms with van der Waals surface area (Å²) in [7, 11) is 0. The molecule has 1 amide bonds. The van der Waals surface area contributed by atoms with E-state index in [1.807, 2.05) is 30.3 Å². The van der Waals surface area contributed by atoms with E-state index < -0.39 is 5.97 Å². The van der Waals surface area contributed by atoms with Gasteiger partial charge in [0.05, 0.1) is 5.69 Å². The van der Waals surface area contributed by atoms with Gasteiger partial charge in [0.2, 0.25) is 0 Å². The minimum atomic E-state index is -0.656. The molecule has 0 unspecified atom stereocenters. The third-order valence-electron chi connectivity index (χ3n) is 6.46. The Bertz CT molecular complexity index is 1110. The van der Waals surface area contributed by atoms with E-state index >= 15 is 0 Å². The van der Waals surface area contributed by atoms with Crippen LogP contribution in [0, 0.1) is 17.7 Å². The molecule has 1 aliphatic rings. The van der Waals surface area contributed by atoms with E-state index in [4.69, 9.17) is 4.74 Å². The molecule has 1 saturated carbocycles. The zero-order valence-electron chi connectivity index (χ0n) is 18.8. The van der Waals surface area contributed by atoms with Crippen molar-refractivity contribution in [3.05, 3.63) is 72.2 Å². The fraction of sp³-hybridized carbons (Fsp3) is 0.346. The molecule has 3 atom stereocenters. The number of para-hydroxylation sites is 1. The molecule has 3 aromatic rings. The predicted molar refractivity (Wildman–Crippen MR) is 123 cm³/mol. The van der Waals surface area contributed by atoms with Gasteiger partial charge < -0.3 is 10.1 Å². The maximum absolute atomic E-state index is 13.4. The van der Waals surface area contributed by atoms with E-state index in [1.54, 1.807) is 23.0 Å². The topological polar surface area (TPSA) is 73.2 Å². The van der Waals surface area contributed by atoms with E-state index in [1.165, 1.54) is 18.6 Å². The van der Waals surface area contributed by atoms with Gasteiger partial charge in [-0.1, -0.05) is 44.9 Å². The van der Waals surface area contributed by atoms with Gasteiger partial charge in [0.25, 0.3) is 5.91 Å². The Labute approximate surface area is 192 Å². The van der Waals surface area contributed by atoms with Gasteiger partial charge in [-0.25, -0.2) is 13.9 Å². The number of nitrogens with zero attached hydrogens (tertiary/aromatic N) is 2. The fourth-order valence-electron chi connectivity index (χ4n) is 4.30. The Hall–Kier alpha value is -3.48. The monoisotopic (exact) mass is 449 g/mol. The van der Waals surface area contributed by atoms with Crippen molar-refractivity contribution in [3.8, 4) is 16.9 Å². The predicted octanol–water partition coefficient (Wildman–Crippen LogP) is 4.78. The van der Waals surface area contributed by atoms with Gasteiger partial charge in [-0.3, -0.25) is 4.79 Å². The Morgan fingerprint density at radius 2 is 1.82 bits per heavy atom. The number of amides is 1. The van der Waals surface area contributed by atoms with Crippen molar-refractivity contribution in [2.24, 2.45) is 11.8 Å². The lowest BCUT2D eigenvalue weighted by Crippen LogP contribution is -2.45. The normalized spacial score (nSPS) is 20.3. The highest BCUT2D eigenvalue weighted by Crippen LogP contribution is 2.29. The van der Waals surface area contributed by atoms with Crippen molar-refractivity contribution in [1.29, 1.82) is 0 Å². The van der Waals surface area contributed by atoms with Gasteiger partial charge in [-0.2, -0.15) is 5.10 Å². The number of carbonyl (C=O) groups excluding carboxylic acids is 2. The number of halogens is 1. The number of hydrogen-bond donors (Lipinski definition) is 1. The molecular formula is C26H28FN3O3. The summed E-state index contributed by atoms with van der Waals surface area (Å²) in [5.74, 6) is -0.417. The lowest BCUT2D eigenvalue weighted by Gasteiger charge is -2.34. The van der Waals surface area contributed by atoms with Crippen LogP contribution in [-0.2, 0) is 9.53 Å². The van der Waals surface area contributed by atoms with E-state index in [2.05, 4.69) is 24.3 Å². The van der Waals surface area contributed by atoms with Crippen molar-refractivity contribution >= 4 is 11.9 Å². The number of ether oxygens (including phenoxy) is 1. The first-order chi connectivity index (χ1) is 15.9. The summed E-state index contributed by atoms with van der Waals surface area (Å²) < 4.78 is 20.3. The molecule has 1 fully saturated rings. The first-order valence-corrected chi connectivity index (χ1v) is 11.3. The molecule has 7 heteroatoms. The molecule has 0 spiro atoms. The van der Waals surface area contributed by atoms with E-state index in [0.717, 1.165) is 18.5 Å². The van der Waals surface area contributed by atoms with Crippen LogP contribution in [0.3, 0.4) is 0 Å². The third kappa shape index (κ3) is 5.30. The second-order valence-corrected chi connectivity index (χ2v) is 8.70. The number of carbonyl (C=O) groups is 2. The smallest absolute Gasteiger partial charge is 0.342 e. The highest BCUT2D eigenvalue weighted by Gasteiger charge is 2.28. The average molecular weight is 450 g/mol. The van der Waals surface area contributed by atoms with Crippen LogP contribution in [0.2, 0.25) is 0 Å². The molecule has 0 aliphatic heterocycles. The quantitative estimate of drug-likeness (QED) is 0.550. The van der Waals surface area contributed by atoms with Gasteiger partial charge in [-0.15, -0.1) is 0 Å². The van der Waals surface area contributed by atoms with Crippen molar-refractivity contribution in [3.63, 3.8) is 0 Å². The van der Waals surface area contributed by atoms with Crippen LogP contribution >= 0.6 is 0 Å². The van der Waals surface area contributed by atoms with Crippen LogP contribution < -0.4 is 5.32 Å². The second-order valence-electron chi connectivity index (χ2n) is 8.70. The number of nitrogens with one attached hydrogen (secondary N) is 1. The van der Waals surface area contributed by atoms with Crippen molar-refractivity contribution < 1.29 is 18.7 Å². The highest BCUT2D eigenvalue weighted by atomic mass is 19.1. The molecule has 1 aliphatic carbocycles. The minimum absolute atomic E-state index is 0.0931. The summed E-state index contributed by atoms with van der Waals surface area (Å²) in [6, 6.07) is 15.2. The van der Waals surface area contributed by atoms with Crippen LogP contribution in [0.25, 0.3) is 16.9 Å². The molecule has 0 radical (unpaired) electrons. The van der Waals surface area contributed by atoms with Gasteiger partial charge >= 0.3 is 5.97 Å². The largest absolute Gasteiger partial charge is 0.452 e. The Morgan fingerprint density at radius 3 is 2.55 bits per heavy atom. The lowest BCUT2D eigenvalue weighted by atomic mass is 9.78. The summed E-state index contributed by atoms with van der Waals surface area (Å²) in [5, 5.41) is 7.54. The molecule has 0 bridgehead atoms. The molecule has 2 aromatic carbocycles. The first-order valence-electron chi connectivity index (χ1n) is 11.3. The summed E-state index contributed by atoms with van der Waals surface area (Å²) in [4.78, 5) is 25.4. The fourth-order valence-corrected chi connectivity index (χ4v) is 4.30. The number of aromatic nitrogens is 2. The standard InChI is InChI=1S/C26H28FN3O3/c1-17-7-6-10-23(18(17)2)28-24(31)16-33-26(32)22-15-30(21-8-4-3-5-9-21)29-25(22)19-11-13-20(27)14-12-19/h3-5,8-9,11-15,17-18,23H,6-7,10,16H2,1-2H3,(H,28,31)/t17-,18+,23+/m1/s1. The van der Waals surface area contributed by atoms with Crippen LogP contribution in [0.15, 0.2) is 60.8 Å². The van der Waals surface area contributed by atoms with E-state index in [-0.39, 0.29) is 29.9 Å². The lowest BCUT2D eigenvalue weighted by molar-refractivity contribution is -0.125. The SMILES string of the molecule is C[C@H]1[C@H](C)CCC[C@@H]1NC(=O)COC(=O)c1cn(-c2ccccc2)nc1-c1ccc(F)cc1. The average Bonchev–Trinajstić information content (AvgIpc) is 3.27. The Balaban J connectivity index is 1.50. The zero-order valence-corrected chi connectivity index (χ0v) is 18.8. The highest BCUT2D eigenvalue weighted by molar-refractivity contribution is 5.97. The third-order valence-corrected chi connectivity index (χ3v) is 6.46. The van der Waals surface area contributed by atoms with Crippen LogP contribution in [0.4, 0.5) is 4.39 Å². The summed E-state index contributed by atoms with van der Waals surface area (Å²) in [6.45, 7) is 3.98. The second kappa shape index (κ2) is 9.98. The summed E-state index contributed by atoms with van der Waals surface area (Å²) in [6.07, 6.45) is 4.75. The zero-order chi connectivity index (χ0) is 23.4. The van der Waals surface area contributed by atoms with Crippen LogP contribution in [0.5, 0.6) is 0 Å². The first kappa shape index (κ1) is 22.7. The maximum atomic E-state index is 13.4. The van der Waals surface area contributed by atoms with Crippen LogP contribution in [-0.4, -0.2) is 34.3 Å².